The molecule has 4 nitrogen and oxygen atoms in total. The van der Waals surface area contributed by atoms with Crippen LogP contribution < -0.4 is 0 Å². The smallest absolute Gasteiger partial charge is 0.178 e. The molecule has 110 valence electrons. The Morgan fingerprint density at radius 3 is 2.70 bits per heavy atom. The van der Waals surface area contributed by atoms with E-state index in [9.17, 15) is 4.79 Å². The number of ketones is 1. The van der Waals surface area contributed by atoms with Crippen LogP contribution in [0, 0.1) is 13.8 Å². The Bertz CT molecular complexity index is 488. The highest BCUT2D eigenvalue weighted by Crippen LogP contribution is 2.21. The molecular weight excluding hydrogens is 250 g/mol. The van der Waals surface area contributed by atoms with Crippen LogP contribution >= 0.6 is 0 Å². The third-order valence-electron chi connectivity index (χ3n) is 4.72. The van der Waals surface area contributed by atoms with Gasteiger partial charge in [-0.3, -0.25) is 14.6 Å². The van der Waals surface area contributed by atoms with Crippen molar-refractivity contribution < 1.29 is 4.79 Å². The zero-order valence-electron chi connectivity index (χ0n) is 12.6. The molecule has 1 atom stereocenters. The van der Waals surface area contributed by atoms with Gasteiger partial charge in [-0.15, -0.1) is 0 Å². The van der Waals surface area contributed by atoms with Crippen LogP contribution in [0.4, 0.5) is 0 Å². The third kappa shape index (κ3) is 2.81. The Balaban J connectivity index is 1.56. The summed E-state index contributed by atoms with van der Waals surface area (Å²) in [7, 11) is 0. The fourth-order valence-corrected chi connectivity index (χ4v) is 3.66. The van der Waals surface area contributed by atoms with Crippen LogP contribution in [0.3, 0.4) is 0 Å². The Morgan fingerprint density at radius 1 is 1.30 bits per heavy atom. The molecule has 2 saturated heterocycles. The molecule has 1 unspecified atom stereocenters. The molecule has 4 heteroatoms. The summed E-state index contributed by atoms with van der Waals surface area (Å²) < 4.78 is 0. The number of hydrogen-bond acceptors (Lipinski definition) is 3. The number of nitrogens with zero attached hydrogens (tertiary/aromatic N) is 2. The van der Waals surface area contributed by atoms with Crippen molar-refractivity contribution in [3.8, 4) is 0 Å². The normalized spacial score (nSPS) is 24.6. The van der Waals surface area contributed by atoms with Crippen molar-refractivity contribution in [2.24, 2.45) is 0 Å². The quantitative estimate of drug-likeness (QED) is 0.854. The third-order valence-corrected chi connectivity index (χ3v) is 4.72. The molecule has 0 saturated carbocycles. The Morgan fingerprint density at radius 2 is 2.05 bits per heavy atom. The molecule has 1 N–H and O–H groups in total. The van der Waals surface area contributed by atoms with E-state index in [4.69, 9.17) is 0 Å². The van der Waals surface area contributed by atoms with Crippen molar-refractivity contribution >= 4 is 5.78 Å². The second-order valence-corrected chi connectivity index (χ2v) is 6.33. The maximum atomic E-state index is 12.4. The van der Waals surface area contributed by atoms with Gasteiger partial charge >= 0.3 is 0 Å². The number of aromatic nitrogens is 1. The van der Waals surface area contributed by atoms with Crippen molar-refractivity contribution in [1.29, 1.82) is 0 Å². The lowest BCUT2D eigenvalue weighted by molar-refractivity contribution is 0.0940. The number of aromatic amines is 1. The molecule has 1 aromatic heterocycles. The van der Waals surface area contributed by atoms with Crippen molar-refractivity contribution in [1.82, 2.24) is 14.8 Å². The van der Waals surface area contributed by atoms with Crippen LogP contribution in [0.2, 0.25) is 0 Å². The van der Waals surface area contributed by atoms with Crippen LogP contribution in [0.15, 0.2) is 6.07 Å². The molecule has 0 amide bonds. The highest BCUT2D eigenvalue weighted by Gasteiger charge is 2.30. The fourth-order valence-electron chi connectivity index (χ4n) is 3.66. The average Bonchev–Trinajstić information content (AvgIpc) is 3.09. The highest BCUT2D eigenvalue weighted by atomic mass is 16.1. The van der Waals surface area contributed by atoms with Gasteiger partial charge in [0.15, 0.2) is 5.78 Å². The van der Waals surface area contributed by atoms with Gasteiger partial charge in [0, 0.05) is 36.1 Å². The summed E-state index contributed by atoms with van der Waals surface area (Å²) in [6, 6.07) is 2.66. The molecule has 2 aliphatic heterocycles. The van der Waals surface area contributed by atoms with Crippen LogP contribution in [0.25, 0.3) is 0 Å². The average molecular weight is 275 g/mol. The van der Waals surface area contributed by atoms with Gasteiger partial charge in [0.1, 0.15) is 0 Å². The first-order valence-corrected chi connectivity index (χ1v) is 7.79. The predicted octanol–water partition coefficient (Wildman–Crippen LogP) is 1.98. The number of aryl methyl sites for hydroxylation is 2. The molecule has 0 spiro atoms. The van der Waals surface area contributed by atoms with Gasteiger partial charge in [-0.05, 0) is 52.3 Å². The SMILES string of the molecule is Cc1cc(C(=O)CN2CCC(N3CCCC3)C2)c(C)[nH]1. The maximum Gasteiger partial charge on any atom is 0.178 e. The fraction of sp³-hybridized carbons (Fsp3) is 0.688. The number of rotatable bonds is 4. The van der Waals surface area contributed by atoms with E-state index in [2.05, 4.69) is 14.8 Å². The molecule has 0 aliphatic carbocycles. The molecule has 2 aliphatic rings. The molecule has 0 radical (unpaired) electrons. The second-order valence-electron chi connectivity index (χ2n) is 6.33. The number of carbonyl (C=O) groups excluding carboxylic acids is 1. The summed E-state index contributed by atoms with van der Waals surface area (Å²) in [6.07, 6.45) is 3.91. The van der Waals surface area contributed by atoms with E-state index in [1.165, 1.54) is 32.4 Å². The summed E-state index contributed by atoms with van der Waals surface area (Å²) in [5.74, 6) is 0.258. The summed E-state index contributed by atoms with van der Waals surface area (Å²) in [6.45, 7) is 9.19. The summed E-state index contributed by atoms with van der Waals surface area (Å²) in [5.41, 5.74) is 2.94. The van der Waals surface area contributed by atoms with Crippen LogP contribution in [-0.2, 0) is 0 Å². The summed E-state index contributed by atoms with van der Waals surface area (Å²) in [4.78, 5) is 20.5. The number of H-pyrrole nitrogens is 1. The lowest BCUT2D eigenvalue weighted by Crippen LogP contribution is -2.36. The van der Waals surface area contributed by atoms with E-state index in [-0.39, 0.29) is 5.78 Å². The molecule has 3 heterocycles. The van der Waals surface area contributed by atoms with Gasteiger partial charge in [-0.2, -0.15) is 0 Å². The number of nitrogens with one attached hydrogen (secondary N) is 1. The molecule has 2 fully saturated rings. The lowest BCUT2D eigenvalue weighted by Gasteiger charge is -2.23. The van der Waals surface area contributed by atoms with Gasteiger partial charge in [0.25, 0.3) is 0 Å². The van der Waals surface area contributed by atoms with Crippen molar-refractivity contribution in [2.75, 3.05) is 32.7 Å². The van der Waals surface area contributed by atoms with E-state index in [0.717, 1.165) is 30.0 Å². The minimum atomic E-state index is 0.258. The zero-order chi connectivity index (χ0) is 14.1. The number of hydrogen-bond donors (Lipinski definition) is 1. The van der Waals surface area contributed by atoms with Crippen molar-refractivity contribution in [3.05, 3.63) is 23.0 Å². The summed E-state index contributed by atoms with van der Waals surface area (Å²) >= 11 is 0. The molecule has 1 aromatic rings. The first-order valence-electron chi connectivity index (χ1n) is 7.79. The second kappa shape index (κ2) is 5.70. The molecule has 0 bridgehead atoms. The topological polar surface area (TPSA) is 39.3 Å². The van der Waals surface area contributed by atoms with E-state index in [1.807, 2.05) is 19.9 Å². The minimum Gasteiger partial charge on any atom is -0.362 e. The van der Waals surface area contributed by atoms with Crippen LogP contribution in [0.5, 0.6) is 0 Å². The molecule has 0 aromatic carbocycles. The van der Waals surface area contributed by atoms with Gasteiger partial charge in [-0.1, -0.05) is 0 Å². The van der Waals surface area contributed by atoms with E-state index in [0.29, 0.717) is 12.6 Å². The predicted molar refractivity (Wildman–Crippen MR) is 80.2 cm³/mol. The van der Waals surface area contributed by atoms with Crippen molar-refractivity contribution in [3.63, 3.8) is 0 Å². The van der Waals surface area contributed by atoms with E-state index >= 15 is 0 Å². The largest absolute Gasteiger partial charge is 0.362 e. The molecule has 3 rings (SSSR count). The minimum absolute atomic E-state index is 0.258. The van der Waals surface area contributed by atoms with Gasteiger partial charge in [0.05, 0.1) is 6.54 Å². The van der Waals surface area contributed by atoms with E-state index < -0.39 is 0 Å². The highest BCUT2D eigenvalue weighted by molar-refractivity contribution is 5.98. The lowest BCUT2D eigenvalue weighted by atomic mass is 10.1. The number of likely N-dealkylation sites (tertiary alicyclic amines) is 2. The van der Waals surface area contributed by atoms with Gasteiger partial charge in [0.2, 0.25) is 0 Å². The maximum absolute atomic E-state index is 12.4. The number of carbonyl (C=O) groups is 1. The Labute approximate surface area is 121 Å². The Kier molecular flexibility index (Phi) is 3.94. The molecular formula is C16H25N3O. The van der Waals surface area contributed by atoms with Gasteiger partial charge < -0.3 is 4.98 Å². The van der Waals surface area contributed by atoms with E-state index in [1.54, 1.807) is 0 Å². The standard InChI is InChI=1S/C16H25N3O/c1-12-9-15(13(2)17-12)16(20)11-18-8-5-14(10-18)19-6-3-4-7-19/h9,14,17H,3-8,10-11H2,1-2H3. The first-order chi connectivity index (χ1) is 9.63. The first kappa shape index (κ1) is 13.8. The zero-order valence-corrected chi connectivity index (χ0v) is 12.6. The van der Waals surface area contributed by atoms with Gasteiger partial charge in [-0.25, -0.2) is 0 Å². The molecule has 20 heavy (non-hydrogen) atoms. The Hall–Kier alpha value is -1.13. The monoisotopic (exact) mass is 275 g/mol. The van der Waals surface area contributed by atoms with Crippen LogP contribution in [-0.4, -0.2) is 59.3 Å². The number of Topliss-reactive ketones (excluding diaryl/α,β-unsaturated/α-hetero) is 1. The van der Waals surface area contributed by atoms with Crippen molar-refractivity contribution in [2.45, 2.75) is 39.2 Å². The summed E-state index contributed by atoms with van der Waals surface area (Å²) in [5, 5.41) is 0. The van der Waals surface area contributed by atoms with Crippen LogP contribution in [0.1, 0.15) is 41.0 Å².